The molecule has 3 aromatic heterocycles. The van der Waals surface area contributed by atoms with Crippen molar-refractivity contribution in [2.45, 2.75) is 13.5 Å². The number of aryl methyl sites for hydroxylation is 1. The number of rotatable bonds is 7. The van der Waals surface area contributed by atoms with Crippen molar-refractivity contribution in [2.75, 3.05) is 31.3 Å². The van der Waals surface area contributed by atoms with Crippen LogP contribution in [0.25, 0.3) is 33.1 Å². The van der Waals surface area contributed by atoms with Gasteiger partial charge in [-0.25, -0.2) is 9.97 Å². The number of anilines is 3. The summed E-state index contributed by atoms with van der Waals surface area (Å²) in [6.45, 7) is 0.618. The quantitative estimate of drug-likeness (QED) is 0.369. The van der Waals surface area contributed by atoms with E-state index in [1.165, 1.54) is 11.5 Å². The topological polar surface area (TPSA) is 92.9 Å². The van der Waals surface area contributed by atoms with E-state index in [0.29, 0.717) is 40.6 Å². The summed E-state index contributed by atoms with van der Waals surface area (Å²) in [5.74, 6) is 0.147. The van der Waals surface area contributed by atoms with Crippen molar-refractivity contribution in [1.29, 1.82) is 0 Å². The number of nitrogens with zero attached hydrogens (tertiary/aromatic N) is 6. The number of likely N-dealkylation sites (N-methyl/N-ethyl adjacent to an activating group) is 1. The fourth-order valence-electron chi connectivity index (χ4n) is 4.14. The van der Waals surface area contributed by atoms with Gasteiger partial charge >= 0.3 is 0 Å². The zero-order valence-corrected chi connectivity index (χ0v) is 19.8. The zero-order valence-electron chi connectivity index (χ0n) is 22.8. The molecule has 0 aliphatic heterocycles. The predicted molar refractivity (Wildman–Crippen MR) is 140 cm³/mol. The Balaban J connectivity index is 1.52. The van der Waals surface area contributed by atoms with Crippen molar-refractivity contribution in [2.24, 2.45) is 6.98 Å². The first-order chi connectivity index (χ1) is 18.1. The van der Waals surface area contributed by atoms with E-state index < -0.39 is 6.98 Å². The maximum Gasteiger partial charge on any atom is 0.227 e. The highest BCUT2D eigenvalue weighted by molar-refractivity contribution is 6.02. The second-order valence-corrected chi connectivity index (χ2v) is 8.63. The highest BCUT2D eigenvalue weighted by Gasteiger charge is 2.14. The summed E-state index contributed by atoms with van der Waals surface area (Å²) in [7, 11) is 3.99. The van der Waals surface area contributed by atoms with Gasteiger partial charge in [0, 0.05) is 64.5 Å². The Labute approximate surface area is 207 Å². The number of hydrogen-bond acceptors (Lipinski definition) is 6. The number of carbonyl (C=O) groups excluding carboxylic acids is 1. The molecule has 9 nitrogen and oxygen atoms in total. The molecule has 5 aromatic rings. The highest BCUT2D eigenvalue weighted by Crippen LogP contribution is 2.31. The minimum atomic E-state index is -2.32. The largest absolute Gasteiger partial charge is 0.350 e. The number of aromatic nitrogens is 5. The number of benzene rings is 2. The smallest absolute Gasteiger partial charge is 0.227 e. The van der Waals surface area contributed by atoms with Crippen LogP contribution in [0.2, 0.25) is 0 Å². The van der Waals surface area contributed by atoms with Crippen molar-refractivity contribution < 1.29 is 8.91 Å². The van der Waals surface area contributed by atoms with Gasteiger partial charge in [0.25, 0.3) is 0 Å². The molecule has 0 unspecified atom stereocenters. The molecule has 0 bridgehead atoms. The van der Waals surface area contributed by atoms with E-state index in [1.54, 1.807) is 30.7 Å². The summed E-state index contributed by atoms with van der Waals surface area (Å²) in [4.78, 5) is 23.1. The Kier molecular flexibility index (Phi) is 5.02. The number of amides is 1. The number of carbonyl (C=O) groups is 1. The van der Waals surface area contributed by atoms with Crippen molar-refractivity contribution >= 4 is 45.0 Å². The number of hydrogen-bond donors (Lipinski definition) is 2. The Hall–Kier alpha value is -4.24. The molecule has 2 N–H and O–H groups in total. The van der Waals surface area contributed by atoms with Crippen LogP contribution in [0.4, 0.5) is 17.3 Å². The number of para-hydroxylation sites is 1. The van der Waals surface area contributed by atoms with Gasteiger partial charge in [0.1, 0.15) is 0 Å². The first-order valence-electron chi connectivity index (χ1n) is 12.7. The maximum absolute atomic E-state index is 12.0. The van der Waals surface area contributed by atoms with Crippen LogP contribution < -0.4 is 10.6 Å². The highest BCUT2D eigenvalue weighted by atomic mass is 16.1. The van der Waals surface area contributed by atoms with Crippen molar-refractivity contribution in [3.63, 3.8) is 0 Å². The van der Waals surface area contributed by atoms with E-state index in [0.717, 1.165) is 22.8 Å². The van der Waals surface area contributed by atoms with E-state index in [2.05, 4.69) is 30.6 Å². The molecule has 178 valence electrons. The van der Waals surface area contributed by atoms with Crippen LogP contribution in [0.15, 0.2) is 61.1 Å². The fraction of sp³-hybridized carbons (Fsp3) is 0.231. The molecular formula is C26H28N8O. The third-order valence-corrected chi connectivity index (χ3v) is 5.70. The average Bonchev–Trinajstić information content (AvgIpc) is 3.44. The van der Waals surface area contributed by atoms with E-state index in [-0.39, 0.29) is 5.91 Å². The predicted octanol–water partition coefficient (Wildman–Crippen LogP) is 4.25. The van der Waals surface area contributed by atoms with E-state index in [1.807, 2.05) is 49.1 Å². The van der Waals surface area contributed by atoms with Gasteiger partial charge in [-0.1, -0.05) is 18.2 Å². The van der Waals surface area contributed by atoms with Crippen LogP contribution in [0.5, 0.6) is 0 Å². The van der Waals surface area contributed by atoms with Gasteiger partial charge in [-0.15, -0.1) is 0 Å². The molecule has 0 saturated heterocycles. The molecule has 3 heterocycles. The molecular weight excluding hydrogens is 440 g/mol. The molecule has 0 fully saturated rings. The standard InChI is InChI=1S/C26H28N8O/c1-17(35)29-23-14-19(13-18-15-28-34(25(18)23)12-11-32(2)3)30-26-27-10-9-22(31-26)21-16-33(4)24-8-6-5-7-20(21)24/h5-10,13-16H,11-12H2,1-4H3,(H,29,35)(H,27,30,31)/i4D3. The normalized spacial score (nSPS) is 13.1. The molecule has 0 radical (unpaired) electrons. The third-order valence-electron chi connectivity index (χ3n) is 5.70. The molecule has 0 aliphatic rings. The summed E-state index contributed by atoms with van der Waals surface area (Å²) in [6, 6.07) is 12.8. The SMILES string of the molecule is [2H]C([2H])([2H])n1cc(-c2ccnc(Nc3cc(NC(C)=O)c4c(cnn4CCN(C)C)c3)n2)c2ccccc21. The lowest BCUT2D eigenvalue weighted by Crippen LogP contribution is -2.19. The van der Waals surface area contributed by atoms with Crippen molar-refractivity contribution in [1.82, 2.24) is 29.2 Å². The number of fused-ring (bicyclic) bond motifs is 2. The molecule has 0 saturated carbocycles. The van der Waals surface area contributed by atoms with E-state index in [4.69, 9.17) is 4.11 Å². The van der Waals surface area contributed by atoms with Gasteiger partial charge in [-0.2, -0.15) is 5.10 Å². The minimum absolute atomic E-state index is 0.187. The monoisotopic (exact) mass is 471 g/mol. The van der Waals surface area contributed by atoms with Crippen LogP contribution in [0.1, 0.15) is 11.0 Å². The molecule has 9 heteroatoms. The van der Waals surface area contributed by atoms with Crippen LogP contribution >= 0.6 is 0 Å². The van der Waals surface area contributed by atoms with Gasteiger partial charge in [0.2, 0.25) is 11.9 Å². The summed E-state index contributed by atoms with van der Waals surface area (Å²) in [5.41, 5.74) is 4.02. The van der Waals surface area contributed by atoms with E-state index >= 15 is 0 Å². The second kappa shape index (κ2) is 9.19. The lowest BCUT2D eigenvalue weighted by atomic mass is 10.1. The Morgan fingerprint density at radius 3 is 2.86 bits per heavy atom. The first-order valence-corrected chi connectivity index (χ1v) is 11.2. The van der Waals surface area contributed by atoms with Crippen LogP contribution in [0, 0.1) is 0 Å². The van der Waals surface area contributed by atoms with Gasteiger partial charge in [-0.3, -0.25) is 9.48 Å². The first kappa shape index (κ1) is 19.1. The zero-order chi connectivity index (χ0) is 27.0. The Morgan fingerprint density at radius 2 is 2.06 bits per heavy atom. The lowest BCUT2D eigenvalue weighted by molar-refractivity contribution is -0.114. The average molecular weight is 472 g/mol. The van der Waals surface area contributed by atoms with Gasteiger partial charge in [-0.05, 0) is 38.4 Å². The summed E-state index contributed by atoms with van der Waals surface area (Å²) in [5, 5.41) is 12.3. The molecule has 0 aliphatic carbocycles. The second-order valence-electron chi connectivity index (χ2n) is 8.63. The Bertz CT molecular complexity index is 1640. The van der Waals surface area contributed by atoms with E-state index in [9.17, 15) is 4.79 Å². The number of nitrogens with one attached hydrogen (secondary N) is 2. The minimum Gasteiger partial charge on any atom is -0.350 e. The summed E-state index contributed by atoms with van der Waals surface area (Å²) >= 11 is 0. The Morgan fingerprint density at radius 1 is 1.20 bits per heavy atom. The molecule has 0 spiro atoms. The molecule has 2 aromatic carbocycles. The third kappa shape index (κ3) is 4.58. The summed E-state index contributed by atoms with van der Waals surface area (Å²) in [6.07, 6.45) is 4.99. The van der Waals surface area contributed by atoms with Gasteiger partial charge in [0.15, 0.2) is 0 Å². The maximum atomic E-state index is 12.0. The van der Waals surface area contributed by atoms with Gasteiger partial charge in [0.05, 0.1) is 29.6 Å². The van der Waals surface area contributed by atoms with Gasteiger partial charge < -0.3 is 20.1 Å². The fourth-order valence-corrected chi connectivity index (χ4v) is 4.14. The van der Waals surface area contributed by atoms with Crippen molar-refractivity contribution in [3.05, 3.63) is 61.1 Å². The van der Waals surface area contributed by atoms with Crippen molar-refractivity contribution in [3.8, 4) is 11.3 Å². The molecule has 1 amide bonds. The van der Waals surface area contributed by atoms with Crippen LogP contribution in [-0.4, -0.2) is 55.8 Å². The van der Waals surface area contributed by atoms with Crippen LogP contribution in [0.3, 0.4) is 0 Å². The van der Waals surface area contributed by atoms with Crippen LogP contribution in [-0.2, 0) is 18.3 Å². The lowest BCUT2D eigenvalue weighted by Gasteiger charge is -2.14. The molecule has 0 atom stereocenters. The molecule has 5 rings (SSSR count). The molecule has 35 heavy (non-hydrogen) atoms. The summed E-state index contributed by atoms with van der Waals surface area (Å²) < 4.78 is 26.9.